The summed E-state index contributed by atoms with van der Waals surface area (Å²) in [4.78, 5) is 0. The van der Waals surface area contributed by atoms with Gasteiger partial charge in [-0.05, 0) is 5.56 Å². The molecule has 1 atom stereocenters. The zero-order valence-electron chi connectivity index (χ0n) is 10.0. The predicted molar refractivity (Wildman–Crippen MR) is 72.6 cm³/mol. The summed E-state index contributed by atoms with van der Waals surface area (Å²) in [6.45, 7) is 7.77. The normalized spacial score (nSPS) is 13.4. The van der Waals surface area contributed by atoms with Gasteiger partial charge >= 0.3 is 0 Å². The first-order chi connectivity index (χ1) is 7.56. The molecule has 1 nitrogen and oxygen atoms in total. The van der Waals surface area contributed by atoms with Crippen LogP contribution in [0.2, 0.25) is 0 Å². The molecule has 0 aliphatic rings. The summed E-state index contributed by atoms with van der Waals surface area (Å²) in [7, 11) is 0. The minimum Gasteiger partial charge on any atom is -0.388 e. The van der Waals surface area contributed by atoms with Gasteiger partial charge in [-0.2, -0.15) is 11.8 Å². The maximum Gasteiger partial charge on any atom is 0.0777 e. The first kappa shape index (κ1) is 13.3. The van der Waals surface area contributed by atoms with Crippen molar-refractivity contribution in [1.82, 2.24) is 0 Å². The Hall–Kier alpha value is -0.730. The van der Waals surface area contributed by atoms with Crippen molar-refractivity contribution in [3.05, 3.63) is 48.6 Å². The van der Waals surface area contributed by atoms with Crippen molar-refractivity contribution in [2.24, 2.45) is 5.41 Å². The number of hydrogen-bond donors (Lipinski definition) is 1. The molecule has 2 heteroatoms. The quantitative estimate of drug-likeness (QED) is 0.763. The molecule has 1 aromatic carbocycles. The fourth-order valence-corrected chi connectivity index (χ4v) is 2.64. The molecule has 0 aliphatic heterocycles. The van der Waals surface area contributed by atoms with Gasteiger partial charge in [0.25, 0.3) is 0 Å². The molecule has 0 aliphatic carbocycles. The lowest BCUT2D eigenvalue weighted by Gasteiger charge is -2.27. The van der Waals surface area contributed by atoms with Gasteiger partial charge in [0.15, 0.2) is 0 Å². The Labute approximate surface area is 103 Å². The van der Waals surface area contributed by atoms with Gasteiger partial charge in [-0.3, -0.25) is 0 Å². The lowest BCUT2D eigenvalue weighted by molar-refractivity contribution is 0.109. The third-order valence-electron chi connectivity index (χ3n) is 2.61. The molecule has 0 fully saturated rings. The molecule has 1 unspecified atom stereocenters. The average molecular weight is 236 g/mol. The molecule has 0 amide bonds. The van der Waals surface area contributed by atoms with E-state index in [0.717, 1.165) is 11.5 Å². The Morgan fingerprint density at radius 2 is 2.00 bits per heavy atom. The molecule has 88 valence electrons. The topological polar surface area (TPSA) is 20.2 Å². The van der Waals surface area contributed by atoms with E-state index in [1.54, 1.807) is 6.08 Å². The third-order valence-corrected chi connectivity index (χ3v) is 4.10. The number of rotatable bonds is 6. The molecule has 0 spiro atoms. The molecule has 0 bridgehead atoms. The van der Waals surface area contributed by atoms with Crippen LogP contribution in [0, 0.1) is 5.41 Å². The highest BCUT2D eigenvalue weighted by atomic mass is 32.2. The number of benzene rings is 1. The van der Waals surface area contributed by atoms with E-state index in [1.165, 1.54) is 5.56 Å². The van der Waals surface area contributed by atoms with Crippen LogP contribution < -0.4 is 0 Å². The Morgan fingerprint density at radius 3 is 2.56 bits per heavy atom. The summed E-state index contributed by atoms with van der Waals surface area (Å²) >= 11 is 1.85. The number of hydrogen-bond acceptors (Lipinski definition) is 2. The van der Waals surface area contributed by atoms with Crippen LogP contribution in [0.4, 0.5) is 0 Å². The summed E-state index contributed by atoms with van der Waals surface area (Å²) in [5.41, 5.74) is 1.22. The van der Waals surface area contributed by atoms with Gasteiger partial charge in [0.05, 0.1) is 6.10 Å². The molecule has 16 heavy (non-hydrogen) atoms. The second-order valence-corrected chi connectivity index (χ2v) is 5.63. The third kappa shape index (κ3) is 4.03. The number of aliphatic hydroxyl groups excluding tert-OH is 1. The van der Waals surface area contributed by atoms with E-state index in [0.29, 0.717) is 0 Å². The Kier molecular flexibility index (Phi) is 5.10. The van der Waals surface area contributed by atoms with Gasteiger partial charge in [0, 0.05) is 16.9 Å². The van der Waals surface area contributed by atoms with Crippen LogP contribution in [0.5, 0.6) is 0 Å². The first-order valence-electron chi connectivity index (χ1n) is 5.48. The summed E-state index contributed by atoms with van der Waals surface area (Å²) < 4.78 is 0. The zero-order chi connectivity index (χ0) is 12.0. The highest BCUT2D eigenvalue weighted by molar-refractivity contribution is 7.98. The van der Waals surface area contributed by atoms with Crippen LogP contribution in [0.3, 0.4) is 0 Å². The average Bonchev–Trinajstić information content (AvgIpc) is 2.29. The van der Waals surface area contributed by atoms with Crippen LogP contribution in [0.15, 0.2) is 43.0 Å². The Morgan fingerprint density at radius 1 is 1.38 bits per heavy atom. The monoisotopic (exact) mass is 236 g/mol. The van der Waals surface area contributed by atoms with Crippen LogP contribution in [-0.2, 0) is 5.75 Å². The molecule has 1 N–H and O–H groups in total. The Bertz CT molecular complexity index is 319. The van der Waals surface area contributed by atoms with Gasteiger partial charge in [0.1, 0.15) is 0 Å². The minimum atomic E-state index is -0.434. The fourth-order valence-electron chi connectivity index (χ4n) is 1.41. The van der Waals surface area contributed by atoms with E-state index in [9.17, 15) is 5.11 Å². The van der Waals surface area contributed by atoms with E-state index in [-0.39, 0.29) is 5.41 Å². The van der Waals surface area contributed by atoms with E-state index in [1.807, 2.05) is 17.8 Å². The summed E-state index contributed by atoms with van der Waals surface area (Å²) in [5.74, 6) is 1.92. The molecular weight excluding hydrogens is 216 g/mol. The minimum absolute atomic E-state index is 0.110. The van der Waals surface area contributed by atoms with Crippen molar-refractivity contribution in [2.45, 2.75) is 25.7 Å². The number of aliphatic hydroxyl groups is 1. The predicted octanol–water partition coefficient (Wildman–Crippen LogP) is 3.49. The molecule has 1 aromatic rings. The van der Waals surface area contributed by atoms with E-state index < -0.39 is 6.10 Å². The van der Waals surface area contributed by atoms with Crippen molar-refractivity contribution in [3.8, 4) is 0 Å². The van der Waals surface area contributed by atoms with Crippen LogP contribution in [-0.4, -0.2) is 17.0 Å². The van der Waals surface area contributed by atoms with Crippen LogP contribution in [0.25, 0.3) is 0 Å². The van der Waals surface area contributed by atoms with Crippen molar-refractivity contribution < 1.29 is 5.11 Å². The first-order valence-corrected chi connectivity index (χ1v) is 6.64. The van der Waals surface area contributed by atoms with Crippen molar-refractivity contribution in [3.63, 3.8) is 0 Å². The maximum absolute atomic E-state index is 9.75. The zero-order valence-corrected chi connectivity index (χ0v) is 10.8. The molecule has 0 heterocycles. The van der Waals surface area contributed by atoms with Gasteiger partial charge < -0.3 is 5.11 Å². The highest BCUT2D eigenvalue weighted by Gasteiger charge is 2.25. The van der Waals surface area contributed by atoms with Crippen molar-refractivity contribution >= 4 is 11.8 Å². The molecular formula is C14H20OS. The van der Waals surface area contributed by atoms with E-state index in [4.69, 9.17) is 0 Å². The molecule has 0 aromatic heterocycles. The highest BCUT2D eigenvalue weighted by Crippen LogP contribution is 2.28. The van der Waals surface area contributed by atoms with E-state index >= 15 is 0 Å². The van der Waals surface area contributed by atoms with Crippen LogP contribution in [0.1, 0.15) is 19.4 Å². The van der Waals surface area contributed by atoms with Crippen molar-refractivity contribution in [1.29, 1.82) is 0 Å². The molecule has 0 saturated heterocycles. The Balaban J connectivity index is 2.38. The largest absolute Gasteiger partial charge is 0.388 e. The second kappa shape index (κ2) is 6.12. The second-order valence-electron chi connectivity index (χ2n) is 4.65. The summed E-state index contributed by atoms with van der Waals surface area (Å²) in [5, 5.41) is 9.75. The van der Waals surface area contributed by atoms with Gasteiger partial charge in [-0.25, -0.2) is 0 Å². The SMILES string of the molecule is C=CC(O)C(C)(C)CSCc1ccccc1. The number of thioether (sulfide) groups is 1. The van der Waals surface area contributed by atoms with Gasteiger partial charge in [-0.15, -0.1) is 6.58 Å². The smallest absolute Gasteiger partial charge is 0.0777 e. The lowest BCUT2D eigenvalue weighted by atomic mass is 9.89. The van der Waals surface area contributed by atoms with Crippen LogP contribution >= 0.6 is 11.8 Å². The fraction of sp³-hybridized carbons (Fsp3) is 0.429. The van der Waals surface area contributed by atoms with Gasteiger partial charge in [-0.1, -0.05) is 50.3 Å². The summed E-state index contributed by atoms with van der Waals surface area (Å²) in [6.07, 6.45) is 1.18. The molecule has 1 rings (SSSR count). The maximum atomic E-state index is 9.75. The van der Waals surface area contributed by atoms with Crippen molar-refractivity contribution in [2.75, 3.05) is 5.75 Å². The molecule has 0 saturated carbocycles. The standard InChI is InChI=1S/C14H20OS/c1-4-13(15)14(2,3)11-16-10-12-8-6-5-7-9-12/h4-9,13,15H,1,10-11H2,2-3H3. The molecule has 0 radical (unpaired) electrons. The van der Waals surface area contributed by atoms with Gasteiger partial charge in [0.2, 0.25) is 0 Å². The summed E-state index contributed by atoms with van der Waals surface area (Å²) in [6, 6.07) is 10.4. The van der Waals surface area contributed by atoms with E-state index in [2.05, 4.69) is 44.7 Å². The lowest BCUT2D eigenvalue weighted by Crippen LogP contribution is -2.29.